The first-order valence-corrected chi connectivity index (χ1v) is 12.4. The van der Waals surface area contributed by atoms with Gasteiger partial charge < -0.3 is 9.47 Å². The number of benzene rings is 4. The molecule has 0 N–H and O–H groups in total. The monoisotopic (exact) mass is 458 g/mol. The van der Waals surface area contributed by atoms with Gasteiger partial charge in [0.25, 0.3) is 0 Å². The summed E-state index contributed by atoms with van der Waals surface area (Å²) in [5, 5.41) is 0. The Labute approximate surface area is 195 Å². The highest BCUT2D eigenvalue weighted by molar-refractivity contribution is 7.89. The predicted molar refractivity (Wildman–Crippen MR) is 133 cm³/mol. The minimum absolute atomic E-state index is 0.0100. The molecule has 0 heterocycles. The topological polar surface area (TPSA) is 52.6 Å². The van der Waals surface area contributed by atoms with Gasteiger partial charge in [0.1, 0.15) is 11.5 Å². The second kappa shape index (κ2) is 9.92. The Hall–Kier alpha value is -3.57. The maximum absolute atomic E-state index is 12.8. The Balaban J connectivity index is 1.41. The van der Waals surface area contributed by atoms with Crippen LogP contribution in [-0.4, -0.2) is 22.6 Å². The van der Waals surface area contributed by atoms with Crippen molar-refractivity contribution in [1.29, 1.82) is 0 Å². The Morgan fingerprint density at radius 1 is 0.485 bits per heavy atom. The van der Waals surface area contributed by atoms with Gasteiger partial charge in [-0.05, 0) is 57.6 Å². The Morgan fingerprint density at radius 2 is 0.758 bits per heavy atom. The van der Waals surface area contributed by atoms with Crippen molar-refractivity contribution in [2.45, 2.75) is 11.5 Å². The van der Waals surface area contributed by atoms with Gasteiger partial charge in [-0.15, -0.1) is 0 Å². The maximum Gasteiger partial charge on any atom is 0.158 e. The molecule has 0 unspecified atom stereocenters. The molecular weight excluding hydrogens is 432 g/mol. The summed E-state index contributed by atoms with van der Waals surface area (Å²) in [4.78, 5) is 0. The van der Waals surface area contributed by atoms with E-state index in [0.29, 0.717) is 0 Å². The number of hydrogen-bond donors (Lipinski definition) is 0. The number of methoxy groups -OCH3 is 2. The first kappa shape index (κ1) is 22.6. The molecule has 0 amide bonds. The summed E-state index contributed by atoms with van der Waals surface area (Å²) in [6, 6.07) is 30.9. The molecular formula is C28H26O4S. The molecule has 4 rings (SSSR count). The summed E-state index contributed by atoms with van der Waals surface area (Å²) in [5.41, 5.74) is 5.74. The second-order valence-electron chi connectivity index (χ2n) is 7.88. The third-order valence-corrected chi connectivity index (χ3v) is 7.07. The van der Waals surface area contributed by atoms with Gasteiger partial charge in [0.2, 0.25) is 0 Å². The average Bonchev–Trinajstić information content (AvgIpc) is 2.85. The van der Waals surface area contributed by atoms with Crippen molar-refractivity contribution >= 4 is 9.84 Å². The zero-order valence-corrected chi connectivity index (χ0v) is 19.5. The van der Waals surface area contributed by atoms with Crippen LogP contribution in [-0.2, 0) is 21.3 Å². The standard InChI is InChI=1S/C28H26O4S/c1-31-27-15-11-25(12-16-27)23-7-3-21(4-8-23)19-33(29,30)20-22-5-9-24(10-6-22)26-13-17-28(32-2)18-14-26/h3-18H,19-20H2,1-2H3. The van der Waals surface area contributed by atoms with Crippen LogP contribution in [0, 0.1) is 0 Å². The van der Waals surface area contributed by atoms with Crippen LogP contribution in [0.15, 0.2) is 97.1 Å². The van der Waals surface area contributed by atoms with Gasteiger partial charge in [-0.3, -0.25) is 0 Å². The zero-order valence-electron chi connectivity index (χ0n) is 18.7. The van der Waals surface area contributed by atoms with Crippen molar-refractivity contribution in [2.24, 2.45) is 0 Å². The van der Waals surface area contributed by atoms with E-state index >= 15 is 0 Å². The Kier molecular flexibility index (Phi) is 6.80. The molecule has 0 atom stereocenters. The normalized spacial score (nSPS) is 11.2. The summed E-state index contributed by atoms with van der Waals surface area (Å²) >= 11 is 0. The van der Waals surface area contributed by atoms with E-state index in [9.17, 15) is 8.42 Å². The van der Waals surface area contributed by atoms with Crippen LogP contribution in [0.1, 0.15) is 11.1 Å². The van der Waals surface area contributed by atoms with E-state index in [-0.39, 0.29) is 11.5 Å². The van der Waals surface area contributed by atoms with Crippen LogP contribution in [0.25, 0.3) is 22.3 Å². The van der Waals surface area contributed by atoms with Gasteiger partial charge in [0.05, 0.1) is 25.7 Å². The van der Waals surface area contributed by atoms with E-state index in [1.54, 1.807) is 14.2 Å². The average molecular weight is 459 g/mol. The second-order valence-corrected chi connectivity index (χ2v) is 9.95. The van der Waals surface area contributed by atoms with Gasteiger partial charge in [0.15, 0.2) is 9.84 Å². The van der Waals surface area contributed by atoms with Crippen molar-refractivity contribution in [3.8, 4) is 33.8 Å². The quantitative estimate of drug-likeness (QED) is 0.318. The summed E-state index contributed by atoms with van der Waals surface area (Å²) in [7, 11) is -0.0169. The van der Waals surface area contributed by atoms with Crippen LogP contribution in [0.4, 0.5) is 0 Å². The molecule has 0 fully saturated rings. The highest BCUT2D eigenvalue weighted by Crippen LogP contribution is 2.25. The molecule has 0 saturated carbocycles. The molecule has 0 spiro atoms. The molecule has 5 heteroatoms. The van der Waals surface area contributed by atoms with Crippen LogP contribution in [0.5, 0.6) is 11.5 Å². The lowest BCUT2D eigenvalue weighted by Crippen LogP contribution is -2.07. The van der Waals surface area contributed by atoms with Crippen LogP contribution < -0.4 is 9.47 Å². The largest absolute Gasteiger partial charge is 0.497 e. The lowest BCUT2D eigenvalue weighted by molar-refractivity contribution is 0.415. The number of sulfone groups is 1. The summed E-state index contributed by atoms with van der Waals surface area (Å²) < 4.78 is 36.0. The molecule has 0 radical (unpaired) electrons. The lowest BCUT2D eigenvalue weighted by atomic mass is 10.0. The molecule has 33 heavy (non-hydrogen) atoms. The van der Waals surface area contributed by atoms with Crippen LogP contribution in [0.2, 0.25) is 0 Å². The van der Waals surface area contributed by atoms with Gasteiger partial charge in [-0.25, -0.2) is 8.42 Å². The predicted octanol–water partition coefficient (Wildman–Crippen LogP) is 6.15. The number of rotatable bonds is 8. The van der Waals surface area contributed by atoms with Gasteiger partial charge in [-0.2, -0.15) is 0 Å². The molecule has 0 aliphatic carbocycles. The lowest BCUT2D eigenvalue weighted by Gasteiger charge is -2.08. The molecule has 4 aromatic rings. The fourth-order valence-electron chi connectivity index (χ4n) is 3.71. The fourth-order valence-corrected chi connectivity index (χ4v) is 5.22. The number of ether oxygens (including phenoxy) is 2. The maximum atomic E-state index is 12.8. The van der Waals surface area contributed by atoms with Crippen molar-refractivity contribution in [3.05, 3.63) is 108 Å². The van der Waals surface area contributed by atoms with Crippen LogP contribution >= 0.6 is 0 Å². The van der Waals surface area contributed by atoms with E-state index in [1.165, 1.54) is 0 Å². The van der Waals surface area contributed by atoms with E-state index in [4.69, 9.17) is 9.47 Å². The van der Waals surface area contributed by atoms with E-state index < -0.39 is 9.84 Å². The molecule has 0 saturated heterocycles. The molecule has 4 aromatic carbocycles. The van der Waals surface area contributed by atoms with Crippen molar-refractivity contribution in [2.75, 3.05) is 14.2 Å². The van der Waals surface area contributed by atoms with E-state index in [0.717, 1.165) is 44.9 Å². The Morgan fingerprint density at radius 3 is 1.03 bits per heavy atom. The van der Waals surface area contributed by atoms with E-state index in [2.05, 4.69) is 0 Å². The first-order chi connectivity index (χ1) is 16.0. The van der Waals surface area contributed by atoms with Crippen molar-refractivity contribution in [1.82, 2.24) is 0 Å². The van der Waals surface area contributed by atoms with Gasteiger partial charge >= 0.3 is 0 Å². The minimum Gasteiger partial charge on any atom is -0.497 e. The van der Waals surface area contributed by atoms with Gasteiger partial charge in [0, 0.05) is 0 Å². The third-order valence-electron chi connectivity index (χ3n) is 5.53. The molecule has 0 aliphatic rings. The van der Waals surface area contributed by atoms with Gasteiger partial charge in [-0.1, -0.05) is 72.8 Å². The Bertz CT molecular complexity index is 1190. The summed E-state index contributed by atoms with van der Waals surface area (Å²) in [6.07, 6.45) is 0. The fraction of sp³-hybridized carbons (Fsp3) is 0.143. The molecule has 0 bridgehead atoms. The van der Waals surface area contributed by atoms with Crippen molar-refractivity contribution < 1.29 is 17.9 Å². The highest BCUT2D eigenvalue weighted by atomic mass is 32.2. The zero-order chi connectivity index (χ0) is 23.3. The molecule has 0 aromatic heterocycles. The molecule has 4 nitrogen and oxygen atoms in total. The molecule has 168 valence electrons. The smallest absolute Gasteiger partial charge is 0.158 e. The summed E-state index contributed by atoms with van der Waals surface area (Å²) in [5.74, 6) is 1.63. The highest BCUT2D eigenvalue weighted by Gasteiger charge is 2.14. The van der Waals surface area contributed by atoms with E-state index in [1.807, 2.05) is 97.1 Å². The third kappa shape index (κ3) is 5.82. The molecule has 0 aliphatic heterocycles. The van der Waals surface area contributed by atoms with Crippen LogP contribution in [0.3, 0.4) is 0 Å². The SMILES string of the molecule is COc1ccc(-c2ccc(CS(=O)(=O)Cc3ccc(-c4ccc(OC)cc4)cc3)cc2)cc1. The van der Waals surface area contributed by atoms with Crippen molar-refractivity contribution in [3.63, 3.8) is 0 Å². The summed E-state index contributed by atoms with van der Waals surface area (Å²) in [6.45, 7) is 0. The first-order valence-electron chi connectivity index (χ1n) is 10.6. The minimum atomic E-state index is -3.29. The number of hydrogen-bond acceptors (Lipinski definition) is 4.